The van der Waals surface area contributed by atoms with Gasteiger partial charge in [-0.05, 0) is 0 Å². The maximum Gasteiger partial charge on any atom is 0.227 e. The van der Waals surface area contributed by atoms with Gasteiger partial charge in [-0.25, -0.2) is 0 Å². The van der Waals surface area contributed by atoms with Gasteiger partial charge in [0.2, 0.25) is 16.9 Å². The lowest BCUT2D eigenvalue weighted by Crippen LogP contribution is -1.99. The number of aromatic hydroxyl groups is 1. The molecular formula is C6H4O4. The number of rotatable bonds is 1. The average Bonchev–Trinajstić information content (AvgIpc) is 1.95. The molecule has 4 heteroatoms. The molecular weight excluding hydrogens is 136 g/mol. The van der Waals surface area contributed by atoms with Crippen molar-refractivity contribution in [1.29, 1.82) is 0 Å². The van der Waals surface area contributed by atoms with E-state index in [0.29, 0.717) is 0 Å². The van der Waals surface area contributed by atoms with Gasteiger partial charge in [0.25, 0.3) is 0 Å². The summed E-state index contributed by atoms with van der Waals surface area (Å²) < 4.78 is 4.47. The van der Waals surface area contributed by atoms with E-state index in [1.165, 1.54) is 0 Å². The molecule has 0 aromatic carbocycles. The van der Waals surface area contributed by atoms with E-state index in [-0.39, 0.29) is 12.0 Å². The Bertz CT molecular complexity index is 299. The molecule has 1 aromatic heterocycles. The molecule has 1 rings (SSSR count). The van der Waals surface area contributed by atoms with Gasteiger partial charge in [0.1, 0.15) is 0 Å². The minimum atomic E-state index is -0.641. The van der Waals surface area contributed by atoms with Crippen LogP contribution in [0.3, 0.4) is 0 Å². The van der Waals surface area contributed by atoms with Gasteiger partial charge in [-0.15, -0.1) is 0 Å². The summed E-state index contributed by atoms with van der Waals surface area (Å²) in [7, 11) is 0. The predicted molar refractivity (Wildman–Crippen MR) is 32.0 cm³/mol. The van der Waals surface area contributed by atoms with E-state index in [4.69, 9.17) is 5.11 Å². The van der Waals surface area contributed by atoms with Crippen LogP contribution in [0.2, 0.25) is 0 Å². The lowest BCUT2D eigenvalue weighted by Gasteiger charge is -1.90. The molecule has 1 heterocycles. The van der Waals surface area contributed by atoms with Crippen LogP contribution >= 0.6 is 0 Å². The zero-order valence-corrected chi connectivity index (χ0v) is 4.90. The highest BCUT2D eigenvalue weighted by Gasteiger charge is 2.03. The molecule has 4 nitrogen and oxygen atoms in total. The van der Waals surface area contributed by atoms with Crippen LogP contribution in [0.15, 0.2) is 21.5 Å². The van der Waals surface area contributed by atoms with Gasteiger partial charge in [0.05, 0.1) is 6.26 Å². The van der Waals surface area contributed by atoms with Gasteiger partial charge in [0.15, 0.2) is 6.29 Å². The van der Waals surface area contributed by atoms with Crippen LogP contribution < -0.4 is 5.43 Å². The molecule has 0 amide bonds. The van der Waals surface area contributed by atoms with Crippen LogP contribution in [0.5, 0.6) is 5.75 Å². The minimum Gasteiger partial charge on any atom is -0.501 e. The van der Waals surface area contributed by atoms with Crippen molar-refractivity contribution in [3.05, 3.63) is 28.3 Å². The molecule has 0 saturated carbocycles. The van der Waals surface area contributed by atoms with E-state index in [2.05, 4.69) is 4.42 Å². The first kappa shape index (κ1) is 6.54. The van der Waals surface area contributed by atoms with Crippen molar-refractivity contribution >= 4 is 6.29 Å². The highest BCUT2D eigenvalue weighted by molar-refractivity contribution is 5.74. The molecule has 10 heavy (non-hydrogen) atoms. The molecule has 0 aliphatic rings. The Balaban J connectivity index is 3.41. The quantitative estimate of drug-likeness (QED) is 0.564. The predicted octanol–water partition coefficient (Wildman–Crippen LogP) is 0.158. The summed E-state index contributed by atoms with van der Waals surface area (Å²) >= 11 is 0. The summed E-state index contributed by atoms with van der Waals surface area (Å²) in [6.07, 6.45) is 1.32. The first-order valence-corrected chi connectivity index (χ1v) is 2.51. The summed E-state index contributed by atoms with van der Waals surface area (Å²) in [5.41, 5.74) is -0.617. The Labute approximate surface area is 55.7 Å². The third-order valence-corrected chi connectivity index (χ3v) is 0.988. The Morgan fingerprint density at radius 2 is 2.30 bits per heavy atom. The van der Waals surface area contributed by atoms with Gasteiger partial charge in [0, 0.05) is 6.07 Å². The molecule has 0 radical (unpaired) electrons. The fourth-order valence-electron chi connectivity index (χ4n) is 0.509. The third kappa shape index (κ3) is 0.907. The number of aldehydes is 1. The van der Waals surface area contributed by atoms with E-state index in [1.807, 2.05) is 0 Å². The van der Waals surface area contributed by atoms with Crippen molar-refractivity contribution in [2.45, 2.75) is 0 Å². The third-order valence-electron chi connectivity index (χ3n) is 0.988. The van der Waals surface area contributed by atoms with Crippen molar-refractivity contribution in [1.82, 2.24) is 0 Å². The fourth-order valence-corrected chi connectivity index (χ4v) is 0.509. The smallest absolute Gasteiger partial charge is 0.227 e. The Morgan fingerprint density at radius 1 is 1.60 bits per heavy atom. The zero-order chi connectivity index (χ0) is 7.56. The summed E-state index contributed by atoms with van der Waals surface area (Å²) in [5, 5.41) is 8.76. The summed E-state index contributed by atoms with van der Waals surface area (Å²) in [4.78, 5) is 20.5. The maximum atomic E-state index is 10.5. The Morgan fingerprint density at radius 3 is 2.80 bits per heavy atom. The molecule has 52 valence electrons. The number of carbonyl (C=O) groups excluding carboxylic acids is 1. The average molecular weight is 140 g/mol. The van der Waals surface area contributed by atoms with Gasteiger partial charge in [-0.2, -0.15) is 0 Å². The molecule has 0 saturated heterocycles. The Kier molecular flexibility index (Phi) is 1.53. The molecule has 0 atom stereocenters. The fraction of sp³-hybridized carbons (Fsp3) is 0. The van der Waals surface area contributed by atoms with Crippen molar-refractivity contribution in [3.63, 3.8) is 0 Å². The second-order valence-corrected chi connectivity index (χ2v) is 1.62. The monoisotopic (exact) mass is 140 g/mol. The molecule has 0 aliphatic heterocycles. The molecule has 0 fully saturated rings. The second kappa shape index (κ2) is 2.34. The lowest BCUT2D eigenvalue weighted by molar-refractivity contribution is 0.109. The van der Waals surface area contributed by atoms with Gasteiger partial charge < -0.3 is 9.52 Å². The first-order chi connectivity index (χ1) is 4.75. The largest absolute Gasteiger partial charge is 0.501 e. The number of carbonyl (C=O) groups is 1. The summed E-state index contributed by atoms with van der Waals surface area (Å²) in [6.45, 7) is 0. The number of hydrogen-bond donors (Lipinski definition) is 1. The van der Waals surface area contributed by atoms with Crippen LogP contribution in [0, 0.1) is 0 Å². The van der Waals surface area contributed by atoms with Gasteiger partial charge >= 0.3 is 0 Å². The van der Waals surface area contributed by atoms with Crippen LogP contribution in [0.1, 0.15) is 10.6 Å². The van der Waals surface area contributed by atoms with Crippen LogP contribution in [0.4, 0.5) is 0 Å². The molecule has 0 aliphatic carbocycles. The molecule has 0 bridgehead atoms. The van der Waals surface area contributed by atoms with E-state index in [1.54, 1.807) is 0 Å². The first-order valence-electron chi connectivity index (χ1n) is 2.51. The maximum absolute atomic E-state index is 10.5. The van der Waals surface area contributed by atoms with Crippen molar-refractivity contribution in [2.24, 2.45) is 0 Å². The highest BCUT2D eigenvalue weighted by Crippen LogP contribution is 2.05. The van der Waals surface area contributed by atoms with E-state index < -0.39 is 11.2 Å². The SMILES string of the molecule is O=Cc1occc(=O)c1O. The minimum absolute atomic E-state index is 0.275. The van der Waals surface area contributed by atoms with E-state index >= 15 is 0 Å². The number of hydrogen-bond acceptors (Lipinski definition) is 4. The van der Waals surface area contributed by atoms with E-state index in [9.17, 15) is 9.59 Å². The van der Waals surface area contributed by atoms with Crippen molar-refractivity contribution < 1.29 is 14.3 Å². The zero-order valence-electron chi connectivity index (χ0n) is 4.90. The second-order valence-electron chi connectivity index (χ2n) is 1.62. The highest BCUT2D eigenvalue weighted by atomic mass is 16.4. The van der Waals surface area contributed by atoms with Crippen LogP contribution in [-0.4, -0.2) is 11.4 Å². The topological polar surface area (TPSA) is 67.5 Å². The normalized spacial score (nSPS) is 9.20. The van der Waals surface area contributed by atoms with Crippen LogP contribution in [0.25, 0.3) is 0 Å². The summed E-state index contributed by atoms with van der Waals surface area (Å²) in [6, 6.07) is 1.03. The standard InChI is InChI=1S/C6H4O4/c7-3-5-6(9)4(8)1-2-10-5/h1-3,9H. The van der Waals surface area contributed by atoms with Crippen LogP contribution in [-0.2, 0) is 0 Å². The molecule has 0 unspecified atom stereocenters. The van der Waals surface area contributed by atoms with Crippen molar-refractivity contribution in [2.75, 3.05) is 0 Å². The molecule has 1 aromatic rings. The van der Waals surface area contributed by atoms with Crippen molar-refractivity contribution in [3.8, 4) is 5.75 Å². The summed E-state index contributed by atoms with van der Waals surface area (Å²) in [5.74, 6) is -0.981. The van der Waals surface area contributed by atoms with E-state index in [0.717, 1.165) is 12.3 Å². The molecule has 0 spiro atoms. The lowest BCUT2D eigenvalue weighted by atomic mass is 10.4. The Hall–Kier alpha value is -1.58. The van der Waals surface area contributed by atoms with Gasteiger partial charge in [-0.1, -0.05) is 0 Å². The molecule has 1 N–H and O–H groups in total. The van der Waals surface area contributed by atoms with Gasteiger partial charge in [-0.3, -0.25) is 9.59 Å².